The number of rotatable bonds is 18. The summed E-state index contributed by atoms with van der Waals surface area (Å²) in [5, 5.41) is 3.58. The van der Waals surface area contributed by atoms with Gasteiger partial charge in [0.25, 0.3) is 0 Å². The van der Waals surface area contributed by atoms with Crippen molar-refractivity contribution in [2.24, 2.45) is 0 Å². The molecule has 0 saturated heterocycles. The lowest BCUT2D eigenvalue weighted by atomic mass is 10.1. The second-order valence-corrected chi connectivity index (χ2v) is 14.9. The van der Waals surface area contributed by atoms with Crippen molar-refractivity contribution in [3.63, 3.8) is 0 Å². The lowest BCUT2D eigenvalue weighted by Gasteiger charge is -2.28. The zero-order chi connectivity index (χ0) is 35.6. The third kappa shape index (κ3) is 11.7. The van der Waals surface area contributed by atoms with E-state index in [0.29, 0.717) is 12.1 Å². The zero-order valence-corrected chi connectivity index (χ0v) is 30.8. The molecule has 2 atom stereocenters. The van der Waals surface area contributed by atoms with Crippen molar-refractivity contribution in [3.05, 3.63) is 42.0 Å². The summed E-state index contributed by atoms with van der Waals surface area (Å²) in [6, 6.07) is 9.01. The summed E-state index contributed by atoms with van der Waals surface area (Å²) in [6.07, 6.45) is 0.419. The van der Waals surface area contributed by atoms with Crippen LogP contribution in [0.3, 0.4) is 0 Å². The van der Waals surface area contributed by atoms with Crippen molar-refractivity contribution < 1.29 is 37.0 Å². The van der Waals surface area contributed by atoms with Gasteiger partial charge in [0.15, 0.2) is 11.4 Å². The Morgan fingerprint density at radius 2 is 1.77 bits per heavy atom. The average molecular weight is 708 g/mol. The van der Waals surface area contributed by atoms with Gasteiger partial charge in [-0.2, -0.15) is 0 Å². The molecule has 1 amide bonds. The largest absolute Gasteiger partial charge is 0.489 e. The number of hydrogen-bond donors (Lipinski definition) is 3. The predicted octanol–water partition coefficient (Wildman–Crippen LogP) is 4.57. The number of nitrogens with zero attached hydrogens (tertiary/aromatic N) is 2. The molecule has 48 heavy (non-hydrogen) atoms. The lowest BCUT2D eigenvalue weighted by molar-refractivity contribution is -0.169. The Labute approximate surface area is 287 Å². The number of nitrogens with one attached hydrogen (secondary N) is 3. The molecule has 3 aromatic rings. The molecule has 1 heterocycles. The number of esters is 1. The van der Waals surface area contributed by atoms with Gasteiger partial charge in [-0.25, -0.2) is 18.1 Å². The van der Waals surface area contributed by atoms with E-state index in [1.54, 1.807) is 53.6 Å². The molecule has 0 radical (unpaired) electrons. The first kappa shape index (κ1) is 39.2. The number of anilines is 1. The van der Waals surface area contributed by atoms with E-state index in [1.165, 1.54) is 30.0 Å². The number of aromatic nitrogens is 2. The number of amides is 1. The first-order valence-electron chi connectivity index (χ1n) is 15.8. The molecule has 13 nitrogen and oxygen atoms in total. The number of H-pyrrole nitrogens is 1. The molecular weight excluding hydrogens is 659 g/mol. The molecule has 15 heteroatoms. The highest BCUT2D eigenvalue weighted by Gasteiger charge is 2.34. The summed E-state index contributed by atoms with van der Waals surface area (Å²) in [6.45, 7) is 11.0. The molecule has 0 unspecified atom stereocenters. The Morgan fingerprint density at radius 1 is 1.08 bits per heavy atom. The van der Waals surface area contributed by atoms with Crippen LogP contribution >= 0.6 is 11.8 Å². The number of hydrogen-bond acceptors (Lipinski definition) is 11. The topological polar surface area (TPSA) is 161 Å². The molecule has 0 fully saturated rings. The standard InChI is InChI=1S/C33H49N5O8S2/c1-10-43-31(44-11-2)25(19-29(40)46-33(4,5)6)37-48(41,42)27-16-15-23(34-28(39)20-38(7)8)18-26(27)45-21(3)17-22-13-12-14-24-30(22)36-32(35-24)47-9/h12-16,18,21,25,31,37H,10-11,17,19-20H2,1-9H3,(H,34,39)(H,35,36)/t21-,25+/m1/s1. The van der Waals surface area contributed by atoms with Crippen molar-refractivity contribution in [1.82, 2.24) is 19.6 Å². The summed E-state index contributed by atoms with van der Waals surface area (Å²) >= 11 is 1.50. The quantitative estimate of drug-likeness (QED) is 0.0965. The molecule has 3 rings (SSSR count). The van der Waals surface area contributed by atoms with E-state index >= 15 is 0 Å². The maximum absolute atomic E-state index is 14.1. The maximum atomic E-state index is 14.1. The highest BCUT2D eigenvalue weighted by atomic mass is 32.2. The van der Waals surface area contributed by atoms with Crippen LogP contribution < -0.4 is 14.8 Å². The highest BCUT2D eigenvalue weighted by molar-refractivity contribution is 7.98. The van der Waals surface area contributed by atoms with Crippen molar-refractivity contribution in [3.8, 4) is 5.75 Å². The Balaban J connectivity index is 2.00. The van der Waals surface area contributed by atoms with E-state index in [-0.39, 0.29) is 42.7 Å². The van der Waals surface area contributed by atoms with Crippen molar-refractivity contribution in [1.29, 1.82) is 0 Å². The minimum atomic E-state index is -4.36. The number of para-hydroxylation sites is 1. The second kappa shape index (κ2) is 17.4. The van der Waals surface area contributed by atoms with Gasteiger partial charge in [0.2, 0.25) is 15.9 Å². The number of ether oxygens (including phenoxy) is 4. The number of carbonyl (C=O) groups is 2. The fraction of sp³-hybridized carbons (Fsp3) is 0.545. The van der Waals surface area contributed by atoms with E-state index in [2.05, 4.69) is 20.0 Å². The summed E-state index contributed by atoms with van der Waals surface area (Å²) in [5.74, 6) is -0.894. The highest BCUT2D eigenvalue weighted by Crippen LogP contribution is 2.31. The lowest BCUT2D eigenvalue weighted by Crippen LogP contribution is -2.47. The van der Waals surface area contributed by atoms with Gasteiger partial charge in [0.05, 0.1) is 30.0 Å². The Hall–Kier alpha value is -3.21. The normalized spacial score (nSPS) is 13.6. The van der Waals surface area contributed by atoms with E-state index in [4.69, 9.17) is 18.9 Å². The number of sulfonamides is 1. The molecule has 3 N–H and O–H groups in total. The molecule has 266 valence electrons. The van der Waals surface area contributed by atoms with Gasteiger partial charge in [-0.15, -0.1) is 0 Å². The van der Waals surface area contributed by atoms with Gasteiger partial charge in [-0.05, 0) is 85.7 Å². The molecular formula is C33H49N5O8S2. The number of thioether (sulfide) groups is 1. The van der Waals surface area contributed by atoms with Crippen LogP contribution in [-0.2, 0) is 40.2 Å². The zero-order valence-electron chi connectivity index (χ0n) is 29.2. The maximum Gasteiger partial charge on any atom is 0.308 e. The summed E-state index contributed by atoms with van der Waals surface area (Å²) in [5.41, 5.74) is 2.18. The molecule has 2 aromatic carbocycles. The van der Waals surface area contributed by atoms with Crippen LogP contribution in [0.5, 0.6) is 5.75 Å². The van der Waals surface area contributed by atoms with Crippen LogP contribution in [0.4, 0.5) is 5.69 Å². The van der Waals surface area contributed by atoms with Crippen molar-refractivity contribution in [2.45, 2.75) is 88.5 Å². The number of benzene rings is 2. The Morgan fingerprint density at radius 3 is 2.38 bits per heavy atom. The molecule has 1 aromatic heterocycles. The van der Waals surface area contributed by atoms with Crippen LogP contribution in [0.2, 0.25) is 0 Å². The number of imidazole rings is 1. The second-order valence-electron chi connectivity index (χ2n) is 12.4. The van der Waals surface area contributed by atoms with E-state index in [0.717, 1.165) is 21.8 Å². The number of carbonyl (C=O) groups excluding carboxylic acids is 2. The average Bonchev–Trinajstić information content (AvgIpc) is 3.40. The monoisotopic (exact) mass is 707 g/mol. The van der Waals surface area contributed by atoms with Gasteiger partial charge in [-0.1, -0.05) is 23.9 Å². The molecule has 0 aliphatic heterocycles. The first-order valence-corrected chi connectivity index (χ1v) is 18.5. The summed E-state index contributed by atoms with van der Waals surface area (Å²) in [7, 11) is -0.825. The number of aromatic amines is 1. The molecule has 0 aliphatic rings. The van der Waals surface area contributed by atoms with Crippen LogP contribution in [0, 0.1) is 0 Å². The van der Waals surface area contributed by atoms with E-state index in [9.17, 15) is 18.0 Å². The van der Waals surface area contributed by atoms with Crippen LogP contribution in [0.15, 0.2) is 46.5 Å². The van der Waals surface area contributed by atoms with Gasteiger partial charge in [-0.3, -0.25) is 9.59 Å². The minimum absolute atomic E-state index is 0.0112. The van der Waals surface area contributed by atoms with Crippen LogP contribution in [0.1, 0.15) is 53.5 Å². The summed E-state index contributed by atoms with van der Waals surface area (Å²) < 4.78 is 54.1. The first-order chi connectivity index (χ1) is 22.5. The third-order valence-corrected chi connectivity index (χ3v) is 8.79. The molecule has 0 bridgehead atoms. The molecule has 0 saturated carbocycles. The molecule has 0 spiro atoms. The smallest absolute Gasteiger partial charge is 0.308 e. The van der Waals surface area contributed by atoms with E-state index < -0.39 is 40.0 Å². The summed E-state index contributed by atoms with van der Waals surface area (Å²) in [4.78, 5) is 34.9. The third-order valence-electron chi connectivity index (χ3n) is 6.68. The van der Waals surface area contributed by atoms with Crippen molar-refractivity contribution >= 4 is 50.4 Å². The predicted molar refractivity (Wildman–Crippen MR) is 187 cm³/mol. The fourth-order valence-electron chi connectivity index (χ4n) is 4.91. The molecule has 0 aliphatic carbocycles. The van der Waals surface area contributed by atoms with Gasteiger partial charge in [0.1, 0.15) is 22.4 Å². The van der Waals surface area contributed by atoms with Gasteiger partial charge < -0.3 is 34.1 Å². The Bertz CT molecular complexity index is 1630. The minimum Gasteiger partial charge on any atom is -0.489 e. The van der Waals surface area contributed by atoms with Gasteiger partial charge >= 0.3 is 5.97 Å². The van der Waals surface area contributed by atoms with Crippen molar-refractivity contribution in [2.75, 3.05) is 45.4 Å². The van der Waals surface area contributed by atoms with E-state index in [1.807, 2.05) is 31.4 Å². The number of fused-ring (bicyclic) bond motifs is 1. The van der Waals surface area contributed by atoms with Gasteiger partial charge in [0, 0.05) is 31.4 Å². The van der Waals surface area contributed by atoms with Crippen LogP contribution in [0.25, 0.3) is 11.0 Å². The SMILES string of the molecule is CCOC(OCC)[C@H](CC(=O)OC(C)(C)C)NS(=O)(=O)c1ccc(NC(=O)CN(C)C)cc1O[C@H](C)Cc1cccc2[nH]c(SC)nc12. The fourth-order valence-corrected chi connectivity index (χ4v) is 6.65. The number of likely N-dealkylation sites (N-methyl/N-ethyl adjacent to an activating group) is 1. The Kier molecular flexibility index (Phi) is 14.3. The van der Waals surface area contributed by atoms with Crippen LogP contribution in [-0.4, -0.2) is 99.3 Å².